The number of imidazole rings is 1. The molecule has 9 heteroatoms. The van der Waals surface area contributed by atoms with Crippen LogP contribution in [0.4, 0.5) is 17.1 Å². The second kappa shape index (κ2) is 11.3. The van der Waals surface area contributed by atoms with Crippen molar-refractivity contribution in [3.8, 4) is 0 Å². The fourth-order valence-corrected chi connectivity index (χ4v) is 4.85. The molecule has 9 nitrogen and oxygen atoms in total. The van der Waals surface area contributed by atoms with Crippen LogP contribution in [-0.4, -0.2) is 39.1 Å². The summed E-state index contributed by atoms with van der Waals surface area (Å²) in [6.45, 7) is 11.0. The number of esters is 1. The van der Waals surface area contributed by atoms with Gasteiger partial charge in [-0.2, -0.15) is 0 Å². The Bertz CT molecular complexity index is 1710. The van der Waals surface area contributed by atoms with E-state index in [9.17, 15) is 14.4 Å². The Morgan fingerprint density at radius 1 is 0.953 bits per heavy atom. The van der Waals surface area contributed by atoms with Crippen LogP contribution in [0.25, 0.3) is 0 Å². The van der Waals surface area contributed by atoms with E-state index in [1.165, 1.54) is 0 Å². The highest BCUT2D eigenvalue weighted by molar-refractivity contribution is 6.24. The lowest BCUT2D eigenvalue weighted by atomic mass is 9.84. The summed E-state index contributed by atoms with van der Waals surface area (Å²) < 4.78 is 5.64. The monoisotopic (exact) mass is 577 g/mol. The van der Waals surface area contributed by atoms with Gasteiger partial charge >= 0.3 is 5.97 Å². The number of anilines is 2. The van der Waals surface area contributed by atoms with Crippen LogP contribution < -0.4 is 10.6 Å². The number of aromatic nitrogens is 2. The second-order valence-corrected chi connectivity index (χ2v) is 12.1. The quantitative estimate of drug-likeness (QED) is 0.172. The van der Waals surface area contributed by atoms with Crippen molar-refractivity contribution >= 4 is 40.6 Å². The Morgan fingerprint density at radius 3 is 2.28 bits per heavy atom. The fraction of sp³-hybridized carbons (Fsp3) is 0.265. The molecule has 0 spiro atoms. The molecule has 1 atom stereocenters. The van der Waals surface area contributed by atoms with Crippen LogP contribution in [-0.2, 0) is 19.7 Å². The first kappa shape index (κ1) is 29.4. The topological polar surface area (TPSA) is 126 Å². The van der Waals surface area contributed by atoms with Gasteiger partial charge in [-0.15, -0.1) is 0 Å². The van der Waals surface area contributed by atoms with Gasteiger partial charge in [-0.25, -0.2) is 4.98 Å². The van der Waals surface area contributed by atoms with Gasteiger partial charge < -0.3 is 20.4 Å². The van der Waals surface area contributed by atoms with Crippen molar-refractivity contribution in [2.75, 3.05) is 10.6 Å². The third-order valence-electron chi connectivity index (χ3n) is 7.15. The van der Waals surface area contributed by atoms with E-state index >= 15 is 0 Å². The average Bonchev–Trinajstić information content (AvgIpc) is 3.53. The number of fused-ring (bicyclic) bond motifs is 1. The predicted octanol–water partition coefficient (Wildman–Crippen LogP) is 6.45. The number of H-pyrrole nitrogens is 1. The third kappa shape index (κ3) is 6.40. The lowest BCUT2D eigenvalue weighted by Crippen LogP contribution is -2.36. The summed E-state index contributed by atoms with van der Waals surface area (Å²) in [5.74, 6) is -1.37. The zero-order valence-corrected chi connectivity index (χ0v) is 25.1. The number of aliphatic imine (C=N–C) groups is 1. The minimum Gasteiger partial charge on any atom is -0.459 e. The summed E-state index contributed by atoms with van der Waals surface area (Å²) in [6.07, 6.45) is 1.59. The predicted molar refractivity (Wildman–Crippen MR) is 167 cm³/mol. The van der Waals surface area contributed by atoms with Crippen molar-refractivity contribution < 1.29 is 19.1 Å². The number of amides is 2. The summed E-state index contributed by atoms with van der Waals surface area (Å²) >= 11 is 0. The van der Waals surface area contributed by atoms with Crippen molar-refractivity contribution in [1.29, 1.82) is 0 Å². The Labute approximate surface area is 250 Å². The molecule has 1 aliphatic rings. The Morgan fingerprint density at radius 2 is 1.65 bits per heavy atom. The normalized spacial score (nSPS) is 15.1. The summed E-state index contributed by atoms with van der Waals surface area (Å²) in [6, 6.07) is 22.3. The molecule has 5 rings (SSSR count). The molecule has 2 heterocycles. The molecular formula is C34H35N5O4. The molecule has 3 aromatic carbocycles. The van der Waals surface area contributed by atoms with E-state index in [4.69, 9.17) is 9.73 Å². The summed E-state index contributed by atoms with van der Waals surface area (Å²) in [7, 11) is 0. The lowest BCUT2D eigenvalue weighted by molar-refractivity contribution is -0.160. The molecule has 1 aliphatic heterocycles. The molecule has 1 unspecified atom stereocenters. The highest BCUT2D eigenvalue weighted by Crippen LogP contribution is 2.38. The van der Waals surface area contributed by atoms with Crippen molar-refractivity contribution in [2.24, 2.45) is 4.99 Å². The van der Waals surface area contributed by atoms with Gasteiger partial charge in [0.25, 0.3) is 5.91 Å². The molecule has 43 heavy (non-hydrogen) atoms. The van der Waals surface area contributed by atoms with E-state index in [0.29, 0.717) is 22.8 Å². The van der Waals surface area contributed by atoms with Gasteiger partial charge in [-0.05, 0) is 82.5 Å². The first-order valence-electron chi connectivity index (χ1n) is 14.1. The molecule has 3 N–H and O–H groups in total. The molecule has 0 fully saturated rings. The molecular weight excluding hydrogens is 542 g/mol. The number of carbonyl (C=O) groups excluding carboxylic acids is 3. The van der Waals surface area contributed by atoms with E-state index < -0.39 is 16.9 Å². The van der Waals surface area contributed by atoms with Crippen LogP contribution in [0, 0.1) is 6.92 Å². The Hall–Kier alpha value is -5.05. The maximum absolute atomic E-state index is 13.4. The third-order valence-corrected chi connectivity index (χ3v) is 7.15. The van der Waals surface area contributed by atoms with Crippen LogP contribution in [0.2, 0.25) is 0 Å². The maximum atomic E-state index is 13.4. The number of carbonyl (C=O) groups is 3. The highest BCUT2D eigenvalue weighted by atomic mass is 16.6. The van der Waals surface area contributed by atoms with Crippen molar-refractivity contribution in [1.82, 2.24) is 9.97 Å². The number of rotatable bonds is 7. The molecule has 220 valence electrons. The van der Waals surface area contributed by atoms with Gasteiger partial charge in [0.05, 0.1) is 16.8 Å². The number of benzene rings is 3. The molecule has 0 bridgehead atoms. The van der Waals surface area contributed by atoms with Gasteiger partial charge in [0.2, 0.25) is 5.91 Å². The van der Waals surface area contributed by atoms with Crippen LogP contribution >= 0.6 is 0 Å². The zero-order valence-electron chi connectivity index (χ0n) is 25.1. The Balaban J connectivity index is 1.46. The van der Waals surface area contributed by atoms with Gasteiger partial charge in [0.15, 0.2) is 5.82 Å². The smallest absolute Gasteiger partial charge is 0.316 e. The van der Waals surface area contributed by atoms with Crippen molar-refractivity contribution in [2.45, 2.75) is 58.5 Å². The molecule has 0 aliphatic carbocycles. The van der Waals surface area contributed by atoms with E-state index in [0.717, 1.165) is 22.4 Å². The van der Waals surface area contributed by atoms with Crippen molar-refractivity contribution in [3.63, 3.8) is 0 Å². The minimum atomic E-state index is -0.856. The first-order valence-corrected chi connectivity index (χ1v) is 14.1. The first-order chi connectivity index (χ1) is 20.3. The molecule has 1 aromatic heterocycles. The van der Waals surface area contributed by atoms with Gasteiger partial charge in [-0.3, -0.25) is 19.4 Å². The van der Waals surface area contributed by atoms with Crippen LogP contribution in [0.1, 0.15) is 73.5 Å². The van der Waals surface area contributed by atoms with Crippen LogP contribution in [0.3, 0.4) is 0 Å². The molecule has 0 saturated carbocycles. The largest absolute Gasteiger partial charge is 0.459 e. The number of nitrogens with one attached hydrogen (secondary N) is 3. The number of aryl methyl sites for hydroxylation is 1. The summed E-state index contributed by atoms with van der Waals surface area (Å²) in [5.41, 5.74) is 4.04. The number of hydrogen-bond donors (Lipinski definition) is 3. The SMILES string of the molecule is Cc1cnc(C(=O)Nc2ccc3c(c2)NC(=O)C3C(=Nc2ccc(C(C)(C)C(=O)OC(C)(C)C)cc2)c2ccccc2)[nH]1. The van der Waals surface area contributed by atoms with Gasteiger partial charge in [-0.1, -0.05) is 48.5 Å². The lowest BCUT2D eigenvalue weighted by Gasteiger charge is -2.28. The van der Waals surface area contributed by atoms with E-state index in [1.807, 2.05) is 102 Å². The molecule has 4 aromatic rings. The van der Waals surface area contributed by atoms with E-state index in [1.54, 1.807) is 18.3 Å². The Kier molecular flexibility index (Phi) is 7.75. The summed E-state index contributed by atoms with van der Waals surface area (Å²) in [4.78, 5) is 50.9. The van der Waals surface area contributed by atoms with E-state index in [-0.39, 0.29) is 23.6 Å². The highest BCUT2D eigenvalue weighted by Gasteiger charge is 2.36. The number of hydrogen-bond acceptors (Lipinski definition) is 6. The van der Waals surface area contributed by atoms with Crippen LogP contribution in [0.5, 0.6) is 0 Å². The molecule has 2 amide bonds. The number of ether oxygens (including phenoxy) is 1. The van der Waals surface area contributed by atoms with Gasteiger partial charge in [0.1, 0.15) is 11.5 Å². The van der Waals surface area contributed by atoms with Crippen molar-refractivity contribution in [3.05, 3.63) is 107 Å². The molecule has 0 radical (unpaired) electrons. The number of nitrogens with zero attached hydrogens (tertiary/aromatic N) is 2. The average molecular weight is 578 g/mol. The van der Waals surface area contributed by atoms with Crippen LogP contribution in [0.15, 0.2) is 84.0 Å². The number of aromatic amines is 1. The van der Waals surface area contributed by atoms with Gasteiger partial charge in [0, 0.05) is 23.3 Å². The summed E-state index contributed by atoms with van der Waals surface area (Å²) in [5, 5.41) is 5.78. The minimum absolute atomic E-state index is 0.207. The maximum Gasteiger partial charge on any atom is 0.316 e. The molecule has 0 saturated heterocycles. The zero-order chi connectivity index (χ0) is 30.9. The second-order valence-electron chi connectivity index (χ2n) is 12.1. The fourth-order valence-electron chi connectivity index (χ4n) is 4.85. The standard InChI is InChI=1S/C34H35N5O4/c1-20-19-35-29(36-20)31(41)38-24-16-17-25-26(18-24)39-30(40)27(25)28(21-10-8-7-9-11-21)37-23-14-12-22(13-15-23)34(5,6)32(42)43-33(2,3)4/h7-19,27H,1-6H3,(H,35,36)(H,38,41)(H,39,40). The van der Waals surface area contributed by atoms with E-state index in [2.05, 4.69) is 20.6 Å².